The highest BCUT2D eigenvalue weighted by atomic mass is 32.2. The molecule has 90 valence electrons. The van der Waals surface area contributed by atoms with Crippen LogP contribution in [0.4, 0.5) is 0 Å². The standard InChI is InChI=1S/C10H6N4O2S2/c11-4-6-1-2-12-14-9(6)18-10-13-7(5-17-10)3-8(15)16/h1-2,5H,3H2,(H,15,16). The summed E-state index contributed by atoms with van der Waals surface area (Å²) >= 11 is 2.52. The summed E-state index contributed by atoms with van der Waals surface area (Å²) in [6.07, 6.45) is 1.34. The number of carbonyl (C=O) groups is 1. The van der Waals surface area contributed by atoms with Gasteiger partial charge in [0.2, 0.25) is 0 Å². The molecule has 6 nitrogen and oxygen atoms in total. The van der Waals surface area contributed by atoms with Crippen molar-refractivity contribution in [3.63, 3.8) is 0 Å². The van der Waals surface area contributed by atoms with Crippen LogP contribution in [0.25, 0.3) is 0 Å². The number of rotatable bonds is 4. The molecule has 0 spiro atoms. The smallest absolute Gasteiger partial charge is 0.309 e. The van der Waals surface area contributed by atoms with E-state index in [1.165, 1.54) is 29.3 Å². The van der Waals surface area contributed by atoms with Crippen LogP contribution in [0.2, 0.25) is 0 Å². The molecule has 0 saturated carbocycles. The van der Waals surface area contributed by atoms with E-state index in [9.17, 15) is 4.79 Å². The molecule has 0 aromatic carbocycles. The van der Waals surface area contributed by atoms with Crippen LogP contribution in [0.1, 0.15) is 11.3 Å². The molecule has 2 rings (SSSR count). The summed E-state index contributed by atoms with van der Waals surface area (Å²) in [5.74, 6) is -0.922. The Morgan fingerprint density at radius 3 is 3.17 bits per heavy atom. The van der Waals surface area contributed by atoms with E-state index in [1.807, 2.05) is 6.07 Å². The molecule has 0 unspecified atom stereocenters. The van der Waals surface area contributed by atoms with Crippen LogP contribution in [0.3, 0.4) is 0 Å². The van der Waals surface area contributed by atoms with Crippen LogP contribution in [0.5, 0.6) is 0 Å². The number of nitrogens with zero attached hydrogens (tertiary/aromatic N) is 4. The molecule has 0 fully saturated rings. The monoisotopic (exact) mass is 278 g/mol. The lowest BCUT2D eigenvalue weighted by Gasteiger charge is -1.96. The van der Waals surface area contributed by atoms with Gasteiger partial charge in [-0.3, -0.25) is 4.79 Å². The van der Waals surface area contributed by atoms with Gasteiger partial charge in [0.05, 0.1) is 23.9 Å². The van der Waals surface area contributed by atoms with Crippen molar-refractivity contribution in [3.8, 4) is 6.07 Å². The van der Waals surface area contributed by atoms with E-state index in [-0.39, 0.29) is 6.42 Å². The Labute approximate surface area is 110 Å². The maximum atomic E-state index is 10.5. The van der Waals surface area contributed by atoms with E-state index in [4.69, 9.17) is 10.4 Å². The first kappa shape index (κ1) is 12.5. The van der Waals surface area contributed by atoms with E-state index >= 15 is 0 Å². The number of carboxylic acids is 1. The predicted molar refractivity (Wildman–Crippen MR) is 64.3 cm³/mol. The SMILES string of the molecule is N#Cc1ccnnc1Sc1nc(CC(=O)O)cs1. The minimum atomic E-state index is -0.922. The second-order valence-corrected chi connectivity index (χ2v) is 5.23. The number of aromatic nitrogens is 3. The zero-order valence-corrected chi connectivity index (χ0v) is 10.5. The first-order valence-electron chi connectivity index (χ1n) is 4.75. The van der Waals surface area contributed by atoms with Crippen LogP contribution in [0.15, 0.2) is 27.0 Å². The van der Waals surface area contributed by atoms with E-state index in [0.29, 0.717) is 20.6 Å². The number of hydrogen-bond donors (Lipinski definition) is 1. The van der Waals surface area contributed by atoms with Crippen molar-refractivity contribution in [2.24, 2.45) is 0 Å². The molecule has 18 heavy (non-hydrogen) atoms. The lowest BCUT2D eigenvalue weighted by molar-refractivity contribution is -0.136. The summed E-state index contributed by atoms with van der Waals surface area (Å²) in [5.41, 5.74) is 0.919. The Bertz CT molecular complexity index is 620. The summed E-state index contributed by atoms with van der Waals surface area (Å²) < 4.78 is 0.642. The van der Waals surface area contributed by atoms with Crippen molar-refractivity contribution in [2.75, 3.05) is 0 Å². The molecule has 2 heterocycles. The fourth-order valence-electron chi connectivity index (χ4n) is 1.13. The van der Waals surface area contributed by atoms with Gasteiger partial charge < -0.3 is 5.11 Å². The Balaban J connectivity index is 2.17. The minimum absolute atomic E-state index is 0.108. The Hall–Kier alpha value is -1.98. The summed E-state index contributed by atoms with van der Waals surface area (Å²) in [6, 6.07) is 3.58. The van der Waals surface area contributed by atoms with Gasteiger partial charge in [-0.15, -0.1) is 16.4 Å². The molecule has 0 aliphatic rings. The van der Waals surface area contributed by atoms with Gasteiger partial charge in [0.1, 0.15) is 11.1 Å². The molecule has 2 aromatic heterocycles. The van der Waals surface area contributed by atoms with Gasteiger partial charge >= 0.3 is 5.97 Å². The molecule has 0 amide bonds. The molecule has 0 bridgehead atoms. The molecule has 1 N–H and O–H groups in total. The molecule has 0 saturated heterocycles. The lowest BCUT2D eigenvalue weighted by atomic mass is 10.3. The van der Waals surface area contributed by atoms with Crippen LogP contribution < -0.4 is 0 Å². The van der Waals surface area contributed by atoms with E-state index < -0.39 is 5.97 Å². The average Bonchev–Trinajstić information content (AvgIpc) is 2.76. The third-order valence-electron chi connectivity index (χ3n) is 1.85. The fourth-order valence-corrected chi connectivity index (χ4v) is 2.89. The van der Waals surface area contributed by atoms with Gasteiger partial charge in [0.25, 0.3) is 0 Å². The molecular formula is C10H6N4O2S2. The molecular weight excluding hydrogens is 272 g/mol. The zero-order chi connectivity index (χ0) is 13.0. The van der Waals surface area contributed by atoms with Gasteiger partial charge in [-0.2, -0.15) is 10.4 Å². The quantitative estimate of drug-likeness (QED) is 0.906. The first-order valence-corrected chi connectivity index (χ1v) is 6.44. The van der Waals surface area contributed by atoms with Gasteiger partial charge in [-0.25, -0.2) is 4.98 Å². The third kappa shape index (κ3) is 3.03. The van der Waals surface area contributed by atoms with Crippen LogP contribution >= 0.6 is 23.1 Å². The van der Waals surface area contributed by atoms with Crippen LogP contribution in [0, 0.1) is 11.3 Å². The average molecular weight is 278 g/mol. The van der Waals surface area contributed by atoms with Gasteiger partial charge in [0, 0.05) is 5.38 Å². The lowest BCUT2D eigenvalue weighted by Crippen LogP contribution is -1.99. The van der Waals surface area contributed by atoms with Gasteiger partial charge in [-0.1, -0.05) is 0 Å². The second-order valence-electron chi connectivity index (χ2n) is 3.14. The van der Waals surface area contributed by atoms with Crippen molar-refractivity contribution in [1.82, 2.24) is 15.2 Å². The predicted octanol–water partition coefficient (Wildman–Crippen LogP) is 1.58. The number of nitriles is 1. The van der Waals surface area contributed by atoms with E-state index in [0.717, 1.165) is 0 Å². The molecule has 0 radical (unpaired) electrons. The minimum Gasteiger partial charge on any atom is -0.481 e. The highest BCUT2D eigenvalue weighted by Crippen LogP contribution is 2.30. The van der Waals surface area contributed by atoms with Crippen molar-refractivity contribution in [3.05, 3.63) is 28.9 Å². The Kier molecular flexibility index (Phi) is 3.86. The summed E-state index contributed by atoms with van der Waals surface area (Å²) in [6.45, 7) is 0. The maximum Gasteiger partial charge on any atom is 0.309 e. The Morgan fingerprint density at radius 1 is 1.61 bits per heavy atom. The van der Waals surface area contributed by atoms with Gasteiger partial charge in [0.15, 0.2) is 4.34 Å². The summed E-state index contributed by atoms with van der Waals surface area (Å²) in [5, 5.41) is 27.2. The van der Waals surface area contributed by atoms with Crippen molar-refractivity contribution in [2.45, 2.75) is 15.8 Å². The van der Waals surface area contributed by atoms with Crippen molar-refractivity contribution in [1.29, 1.82) is 5.26 Å². The fraction of sp³-hybridized carbons (Fsp3) is 0.100. The normalized spacial score (nSPS) is 9.94. The van der Waals surface area contributed by atoms with Crippen molar-refractivity contribution < 1.29 is 9.90 Å². The van der Waals surface area contributed by atoms with E-state index in [2.05, 4.69) is 15.2 Å². The third-order valence-corrected chi connectivity index (χ3v) is 3.84. The van der Waals surface area contributed by atoms with Crippen molar-refractivity contribution >= 4 is 29.1 Å². The number of carboxylic acid groups (broad SMARTS) is 1. The maximum absolute atomic E-state index is 10.5. The summed E-state index contributed by atoms with van der Waals surface area (Å²) in [4.78, 5) is 14.7. The largest absolute Gasteiger partial charge is 0.481 e. The van der Waals surface area contributed by atoms with Crippen LogP contribution in [-0.2, 0) is 11.2 Å². The number of hydrogen-bond acceptors (Lipinski definition) is 7. The molecule has 8 heteroatoms. The molecule has 0 aliphatic carbocycles. The Morgan fingerprint density at radius 2 is 2.44 bits per heavy atom. The highest BCUT2D eigenvalue weighted by Gasteiger charge is 2.11. The second kappa shape index (κ2) is 5.57. The first-order chi connectivity index (χ1) is 8.69. The molecule has 2 aromatic rings. The number of thiazole rings is 1. The highest BCUT2D eigenvalue weighted by molar-refractivity contribution is 8.01. The molecule has 0 atom stereocenters. The van der Waals surface area contributed by atoms with Crippen LogP contribution in [-0.4, -0.2) is 26.3 Å². The van der Waals surface area contributed by atoms with Gasteiger partial charge in [-0.05, 0) is 17.8 Å². The zero-order valence-electron chi connectivity index (χ0n) is 8.90. The summed E-state index contributed by atoms with van der Waals surface area (Å²) in [7, 11) is 0. The number of aliphatic carboxylic acids is 1. The van der Waals surface area contributed by atoms with E-state index in [1.54, 1.807) is 11.4 Å². The topological polar surface area (TPSA) is 99.8 Å². The molecule has 0 aliphatic heterocycles.